The molecular weight excluding hydrogens is 448 g/mol. The van der Waals surface area contributed by atoms with E-state index in [1.165, 1.54) is 32.9 Å². The first-order valence-electron chi connectivity index (χ1n) is 10.7. The van der Waals surface area contributed by atoms with Crippen LogP contribution in [-0.2, 0) is 11.8 Å². The molecular formula is C21H28N6O5S. The molecule has 1 fully saturated rings. The van der Waals surface area contributed by atoms with E-state index >= 15 is 0 Å². The van der Waals surface area contributed by atoms with Crippen LogP contribution in [0.15, 0.2) is 17.5 Å². The van der Waals surface area contributed by atoms with Gasteiger partial charge < -0.3 is 30.3 Å². The van der Waals surface area contributed by atoms with Gasteiger partial charge in [0, 0.05) is 34.2 Å². The summed E-state index contributed by atoms with van der Waals surface area (Å²) in [5.74, 6) is 0.0115. The predicted molar refractivity (Wildman–Crippen MR) is 121 cm³/mol. The minimum absolute atomic E-state index is 0.143. The topological polar surface area (TPSA) is 134 Å². The third-order valence-electron chi connectivity index (χ3n) is 6.25. The monoisotopic (exact) mass is 476 g/mol. The number of nitrogens with two attached hydrogens (primary N) is 1. The summed E-state index contributed by atoms with van der Waals surface area (Å²) in [4.78, 5) is 43.5. The summed E-state index contributed by atoms with van der Waals surface area (Å²) in [5.41, 5.74) is 6.50. The lowest BCUT2D eigenvalue weighted by Gasteiger charge is -2.33. The van der Waals surface area contributed by atoms with Crippen molar-refractivity contribution in [1.29, 1.82) is 0 Å². The van der Waals surface area contributed by atoms with E-state index in [-0.39, 0.29) is 44.0 Å². The number of urea groups is 1. The zero-order chi connectivity index (χ0) is 23.9. The number of rotatable bonds is 1. The number of hydrogen-bond acceptors (Lipinski definition) is 7. The predicted octanol–water partition coefficient (Wildman–Crippen LogP) is 0.344. The summed E-state index contributed by atoms with van der Waals surface area (Å²) < 4.78 is 7.59. The Kier molecular flexibility index (Phi) is 6.30. The van der Waals surface area contributed by atoms with Gasteiger partial charge in [0.15, 0.2) is 0 Å². The maximum absolute atomic E-state index is 13.5. The van der Waals surface area contributed by atoms with E-state index in [0.717, 1.165) is 4.88 Å². The summed E-state index contributed by atoms with van der Waals surface area (Å²) in [5, 5.41) is 16.7. The molecule has 2 aromatic rings. The van der Waals surface area contributed by atoms with Gasteiger partial charge in [-0.3, -0.25) is 14.3 Å². The molecule has 2 aliphatic heterocycles. The Morgan fingerprint density at radius 3 is 2.85 bits per heavy atom. The number of carbonyl (C=O) groups excluding carboxylic acids is 3. The summed E-state index contributed by atoms with van der Waals surface area (Å²) in [6, 6.07) is 1.55. The number of hydrogen-bond donors (Lipinski definition) is 2. The fourth-order valence-electron chi connectivity index (χ4n) is 4.32. The maximum Gasteiger partial charge on any atom is 0.315 e. The van der Waals surface area contributed by atoms with Crippen LogP contribution >= 0.6 is 11.3 Å². The SMILES string of the molecule is CN1CC[C@H](N(C)C(N)=O)C(=O)N2C[C@@H](O)C[C@H]2COc2ccsc2-c2cc(n(C)n2)C1=O. The Morgan fingerprint density at radius 2 is 2.12 bits per heavy atom. The summed E-state index contributed by atoms with van der Waals surface area (Å²) >= 11 is 1.45. The van der Waals surface area contributed by atoms with Gasteiger partial charge in [-0.05, 0) is 30.4 Å². The van der Waals surface area contributed by atoms with Crippen molar-refractivity contribution in [2.45, 2.75) is 31.0 Å². The minimum atomic E-state index is -0.880. The molecule has 2 aromatic heterocycles. The van der Waals surface area contributed by atoms with E-state index in [4.69, 9.17) is 10.5 Å². The fourth-order valence-corrected chi connectivity index (χ4v) is 5.11. The molecule has 2 bridgehead atoms. The van der Waals surface area contributed by atoms with Crippen LogP contribution in [0.5, 0.6) is 5.75 Å². The molecule has 3 atom stereocenters. The molecule has 0 aromatic carbocycles. The summed E-state index contributed by atoms with van der Waals surface area (Å²) in [7, 11) is 4.80. The average Bonchev–Trinajstić information content (AvgIpc) is 3.48. The maximum atomic E-state index is 13.5. The van der Waals surface area contributed by atoms with Crippen molar-refractivity contribution in [3.05, 3.63) is 23.2 Å². The van der Waals surface area contributed by atoms with Crippen LogP contribution in [-0.4, -0.2) is 99.4 Å². The van der Waals surface area contributed by atoms with Crippen molar-refractivity contribution < 1.29 is 24.2 Å². The zero-order valence-electron chi connectivity index (χ0n) is 18.8. The number of fused-ring (bicyclic) bond motifs is 5. The van der Waals surface area contributed by atoms with Crippen LogP contribution in [0, 0.1) is 0 Å². The van der Waals surface area contributed by atoms with Crippen molar-refractivity contribution in [3.63, 3.8) is 0 Å². The molecule has 33 heavy (non-hydrogen) atoms. The Balaban J connectivity index is 1.73. The number of aromatic nitrogens is 2. The molecule has 0 radical (unpaired) electrons. The van der Waals surface area contributed by atoms with Gasteiger partial charge >= 0.3 is 6.03 Å². The highest BCUT2D eigenvalue weighted by Crippen LogP contribution is 2.36. The number of thiophene rings is 1. The highest BCUT2D eigenvalue weighted by atomic mass is 32.1. The molecule has 11 nitrogen and oxygen atoms in total. The highest BCUT2D eigenvalue weighted by molar-refractivity contribution is 7.14. The number of ether oxygens (including phenoxy) is 1. The van der Waals surface area contributed by atoms with E-state index < -0.39 is 18.2 Å². The molecule has 1 saturated heterocycles. The van der Waals surface area contributed by atoms with Gasteiger partial charge in [-0.2, -0.15) is 5.10 Å². The number of amides is 4. The number of aryl methyl sites for hydroxylation is 1. The third kappa shape index (κ3) is 4.40. The molecule has 0 unspecified atom stereocenters. The van der Waals surface area contributed by atoms with Crippen LogP contribution in [0.2, 0.25) is 0 Å². The smallest absolute Gasteiger partial charge is 0.315 e. The van der Waals surface area contributed by atoms with Crippen molar-refractivity contribution in [2.24, 2.45) is 12.8 Å². The molecule has 0 spiro atoms. The van der Waals surface area contributed by atoms with Gasteiger partial charge in [-0.1, -0.05) is 0 Å². The first-order chi connectivity index (χ1) is 15.7. The molecule has 12 heteroatoms. The third-order valence-corrected chi connectivity index (χ3v) is 7.17. The van der Waals surface area contributed by atoms with Crippen molar-refractivity contribution in [1.82, 2.24) is 24.5 Å². The Bertz CT molecular complexity index is 1070. The fraction of sp³-hybridized carbons (Fsp3) is 0.524. The Hall–Kier alpha value is -3.12. The van der Waals surface area contributed by atoms with Gasteiger partial charge in [0.1, 0.15) is 29.8 Å². The molecule has 4 amide bonds. The largest absolute Gasteiger partial charge is 0.490 e. The van der Waals surface area contributed by atoms with E-state index in [0.29, 0.717) is 23.6 Å². The van der Waals surface area contributed by atoms with E-state index in [2.05, 4.69) is 5.10 Å². The van der Waals surface area contributed by atoms with Gasteiger partial charge in [0.05, 0.1) is 17.0 Å². The molecule has 0 aliphatic carbocycles. The van der Waals surface area contributed by atoms with Crippen LogP contribution in [0.1, 0.15) is 23.3 Å². The quantitative estimate of drug-likeness (QED) is 0.610. The van der Waals surface area contributed by atoms with Gasteiger partial charge in [-0.15, -0.1) is 11.3 Å². The molecule has 3 N–H and O–H groups in total. The van der Waals surface area contributed by atoms with Gasteiger partial charge in [0.2, 0.25) is 5.91 Å². The Labute approximate surface area is 195 Å². The number of nitrogens with zero attached hydrogens (tertiary/aromatic N) is 5. The summed E-state index contributed by atoms with van der Waals surface area (Å²) in [6.07, 6.45) is -0.131. The van der Waals surface area contributed by atoms with Crippen LogP contribution in [0.25, 0.3) is 10.6 Å². The van der Waals surface area contributed by atoms with Crippen LogP contribution in [0.4, 0.5) is 4.79 Å². The zero-order valence-corrected chi connectivity index (χ0v) is 19.6. The second kappa shape index (κ2) is 9.02. The number of primary amides is 1. The van der Waals surface area contributed by atoms with E-state index in [1.54, 1.807) is 25.1 Å². The first kappa shape index (κ1) is 23.1. The molecule has 4 heterocycles. The minimum Gasteiger partial charge on any atom is -0.490 e. The Morgan fingerprint density at radius 1 is 1.36 bits per heavy atom. The van der Waals surface area contributed by atoms with Crippen molar-refractivity contribution in [3.8, 4) is 16.3 Å². The van der Waals surface area contributed by atoms with Crippen molar-refractivity contribution >= 4 is 29.2 Å². The normalized spacial score (nSPS) is 23.9. The lowest BCUT2D eigenvalue weighted by Crippen LogP contribution is -2.54. The van der Waals surface area contributed by atoms with E-state index in [1.807, 2.05) is 11.4 Å². The molecule has 0 saturated carbocycles. The molecule has 2 aliphatic rings. The lowest BCUT2D eigenvalue weighted by molar-refractivity contribution is -0.137. The van der Waals surface area contributed by atoms with Gasteiger partial charge in [0.25, 0.3) is 5.91 Å². The second-order valence-corrected chi connectivity index (χ2v) is 9.39. The van der Waals surface area contributed by atoms with E-state index in [9.17, 15) is 19.5 Å². The molecule has 178 valence electrons. The second-order valence-electron chi connectivity index (χ2n) is 8.48. The number of carbonyl (C=O) groups is 3. The van der Waals surface area contributed by atoms with Crippen molar-refractivity contribution in [2.75, 3.05) is 33.8 Å². The summed E-state index contributed by atoms with van der Waals surface area (Å²) in [6.45, 7) is 0.539. The van der Waals surface area contributed by atoms with Crippen LogP contribution in [0.3, 0.4) is 0 Å². The number of likely N-dealkylation sites (N-methyl/N-ethyl adjacent to an activating group) is 1. The first-order valence-corrected chi connectivity index (χ1v) is 11.6. The molecule has 4 rings (SSSR count). The highest BCUT2D eigenvalue weighted by Gasteiger charge is 2.40. The lowest BCUT2D eigenvalue weighted by atomic mass is 10.1. The standard InChI is InChI=1S/C21H28N6O5S/c1-24-6-4-15(25(2)21(22)31)20(30)27-10-13(28)8-12(27)11-32-17-5-7-33-18(17)14-9-16(19(24)29)26(3)23-14/h5,7,9,12-13,15,28H,4,6,8,10-11H2,1-3H3,(H2,22,31)/t12-,13-,15-/m0/s1. The van der Waals surface area contributed by atoms with Gasteiger partial charge in [-0.25, -0.2) is 4.79 Å². The van der Waals surface area contributed by atoms with Crippen LogP contribution < -0.4 is 10.5 Å². The number of aliphatic hydroxyl groups excluding tert-OH is 1. The number of aliphatic hydroxyl groups is 1. The average molecular weight is 477 g/mol.